The van der Waals surface area contributed by atoms with E-state index >= 15 is 0 Å². The Morgan fingerprint density at radius 1 is 1.28 bits per heavy atom. The Labute approximate surface area is 119 Å². The molecule has 0 aromatic heterocycles. The molecule has 100 valence electrons. The van der Waals surface area contributed by atoms with Crippen LogP contribution in [0.3, 0.4) is 0 Å². The van der Waals surface area contributed by atoms with E-state index < -0.39 is 0 Å². The highest BCUT2D eigenvalue weighted by molar-refractivity contribution is 9.10. The van der Waals surface area contributed by atoms with Crippen molar-refractivity contribution in [2.24, 2.45) is 5.92 Å². The van der Waals surface area contributed by atoms with Crippen molar-refractivity contribution in [3.8, 4) is 0 Å². The lowest BCUT2D eigenvalue weighted by molar-refractivity contribution is 0.427. The lowest BCUT2D eigenvalue weighted by Crippen LogP contribution is -2.26. The van der Waals surface area contributed by atoms with Crippen LogP contribution in [0.5, 0.6) is 0 Å². The second-order valence-corrected chi connectivity index (χ2v) is 6.44. The molecule has 1 fully saturated rings. The summed E-state index contributed by atoms with van der Waals surface area (Å²) in [5.74, 6) is 0.798. The van der Waals surface area contributed by atoms with Gasteiger partial charge in [0.2, 0.25) is 0 Å². The van der Waals surface area contributed by atoms with E-state index in [1.807, 2.05) is 0 Å². The van der Waals surface area contributed by atoms with Crippen LogP contribution >= 0.6 is 15.9 Å². The molecule has 0 radical (unpaired) electrons. The first-order chi connectivity index (χ1) is 8.78. The van der Waals surface area contributed by atoms with Gasteiger partial charge in [-0.25, -0.2) is 0 Å². The van der Waals surface area contributed by atoms with Gasteiger partial charge in [0.05, 0.1) is 0 Å². The molecule has 1 nitrogen and oxygen atoms in total. The zero-order chi connectivity index (χ0) is 12.8. The summed E-state index contributed by atoms with van der Waals surface area (Å²) >= 11 is 3.50. The van der Waals surface area contributed by atoms with Crippen molar-refractivity contribution in [1.82, 2.24) is 5.32 Å². The maximum Gasteiger partial charge on any atom is 0.0175 e. The van der Waals surface area contributed by atoms with E-state index in [1.54, 1.807) is 0 Å². The molecule has 1 N–H and O–H groups in total. The third-order valence-electron chi connectivity index (χ3n) is 3.68. The van der Waals surface area contributed by atoms with E-state index in [0.29, 0.717) is 0 Å². The van der Waals surface area contributed by atoms with E-state index in [4.69, 9.17) is 0 Å². The molecule has 18 heavy (non-hydrogen) atoms. The molecule has 1 aliphatic rings. The highest BCUT2D eigenvalue weighted by Crippen LogP contribution is 2.21. The van der Waals surface area contributed by atoms with Crippen LogP contribution in [-0.2, 0) is 6.42 Å². The molecule has 0 heterocycles. The molecular formula is C16H24BrN. The number of hydrogen-bond donors (Lipinski definition) is 1. The van der Waals surface area contributed by atoms with Crippen LogP contribution in [0.1, 0.15) is 44.6 Å². The lowest BCUT2D eigenvalue weighted by Gasteiger charge is -2.17. The SMILES string of the molecule is CCCCC(CNC1CC1)Cc1ccc(Br)cc1. The quantitative estimate of drug-likeness (QED) is 0.743. The molecule has 1 unspecified atom stereocenters. The average Bonchev–Trinajstić information content (AvgIpc) is 3.19. The van der Waals surface area contributed by atoms with Crippen LogP contribution in [0.4, 0.5) is 0 Å². The van der Waals surface area contributed by atoms with Gasteiger partial charge in [-0.2, -0.15) is 0 Å². The van der Waals surface area contributed by atoms with Crippen LogP contribution < -0.4 is 5.32 Å². The van der Waals surface area contributed by atoms with E-state index in [2.05, 4.69) is 52.4 Å². The number of rotatable bonds is 8. The van der Waals surface area contributed by atoms with Gasteiger partial charge in [0.15, 0.2) is 0 Å². The highest BCUT2D eigenvalue weighted by Gasteiger charge is 2.21. The van der Waals surface area contributed by atoms with E-state index in [1.165, 1.54) is 55.1 Å². The normalized spacial score (nSPS) is 16.8. The fourth-order valence-electron chi connectivity index (χ4n) is 2.34. The molecule has 1 aromatic rings. The number of nitrogens with one attached hydrogen (secondary N) is 1. The van der Waals surface area contributed by atoms with Gasteiger partial charge < -0.3 is 5.32 Å². The lowest BCUT2D eigenvalue weighted by atomic mass is 9.94. The summed E-state index contributed by atoms with van der Waals surface area (Å²) in [7, 11) is 0. The summed E-state index contributed by atoms with van der Waals surface area (Å²) in [5.41, 5.74) is 1.47. The fourth-order valence-corrected chi connectivity index (χ4v) is 2.61. The Balaban J connectivity index is 1.83. The van der Waals surface area contributed by atoms with E-state index in [0.717, 1.165) is 12.0 Å². The summed E-state index contributed by atoms with van der Waals surface area (Å²) in [5, 5.41) is 3.69. The predicted octanol–water partition coefficient (Wildman–Crippen LogP) is 4.55. The van der Waals surface area contributed by atoms with Crippen molar-refractivity contribution >= 4 is 15.9 Å². The third kappa shape index (κ3) is 5.11. The molecule has 2 heteroatoms. The van der Waals surface area contributed by atoms with Crippen molar-refractivity contribution in [3.63, 3.8) is 0 Å². The third-order valence-corrected chi connectivity index (χ3v) is 4.20. The maximum absolute atomic E-state index is 3.69. The second kappa shape index (κ2) is 7.30. The number of hydrogen-bond acceptors (Lipinski definition) is 1. The van der Waals surface area contributed by atoms with Crippen molar-refractivity contribution in [2.45, 2.75) is 51.5 Å². The molecule has 2 rings (SSSR count). The predicted molar refractivity (Wildman–Crippen MR) is 81.9 cm³/mol. The average molecular weight is 310 g/mol. The first-order valence-electron chi connectivity index (χ1n) is 7.25. The molecule has 0 bridgehead atoms. The van der Waals surface area contributed by atoms with Crippen molar-refractivity contribution in [2.75, 3.05) is 6.54 Å². The standard InChI is InChI=1S/C16H24BrN/c1-2-3-4-14(12-18-16-9-10-16)11-13-5-7-15(17)8-6-13/h5-8,14,16,18H,2-4,9-12H2,1H3. The van der Waals surface area contributed by atoms with Gasteiger partial charge in [0, 0.05) is 10.5 Å². The smallest absolute Gasteiger partial charge is 0.0175 e. The maximum atomic E-state index is 3.69. The number of unbranched alkanes of at least 4 members (excludes halogenated alkanes) is 1. The van der Waals surface area contributed by atoms with Gasteiger partial charge in [0.25, 0.3) is 0 Å². The van der Waals surface area contributed by atoms with Gasteiger partial charge in [0.1, 0.15) is 0 Å². The molecule has 0 spiro atoms. The molecule has 0 aliphatic heterocycles. The number of benzene rings is 1. The van der Waals surface area contributed by atoms with Crippen molar-refractivity contribution in [1.29, 1.82) is 0 Å². The summed E-state index contributed by atoms with van der Waals surface area (Å²) < 4.78 is 1.17. The van der Waals surface area contributed by atoms with Crippen LogP contribution in [0.2, 0.25) is 0 Å². The summed E-state index contributed by atoms with van der Waals surface area (Å²) in [6, 6.07) is 9.64. The molecular weight excluding hydrogens is 286 g/mol. The van der Waals surface area contributed by atoms with E-state index in [-0.39, 0.29) is 0 Å². The molecule has 0 saturated heterocycles. The van der Waals surface area contributed by atoms with Crippen molar-refractivity contribution < 1.29 is 0 Å². The molecule has 1 aliphatic carbocycles. The van der Waals surface area contributed by atoms with Crippen LogP contribution in [0.25, 0.3) is 0 Å². The minimum absolute atomic E-state index is 0.798. The van der Waals surface area contributed by atoms with Crippen LogP contribution in [0, 0.1) is 5.92 Å². The Morgan fingerprint density at radius 3 is 2.61 bits per heavy atom. The molecule has 0 amide bonds. The number of halogens is 1. The minimum atomic E-state index is 0.798. The molecule has 1 saturated carbocycles. The van der Waals surface area contributed by atoms with Gasteiger partial charge in [-0.3, -0.25) is 0 Å². The zero-order valence-corrected chi connectivity index (χ0v) is 12.9. The highest BCUT2D eigenvalue weighted by atomic mass is 79.9. The van der Waals surface area contributed by atoms with Crippen LogP contribution in [0.15, 0.2) is 28.7 Å². The van der Waals surface area contributed by atoms with Gasteiger partial charge >= 0.3 is 0 Å². The first-order valence-corrected chi connectivity index (χ1v) is 8.05. The van der Waals surface area contributed by atoms with E-state index in [9.17, 15) is 0 Å². The minimum Gasteiger partial charge on any atom is -0.314 e. The topological polar surface area (TPSA) is 12.0 Å². The molecule has 1 atom stereocenters. The van der Waals surface area contributed by atoms with Crippen LogP contribution in [-0.4, -0.2) is 12.6 Å². The Morgan fingerprint density at radius 2 is 2.00 bits per heavy atom. The van der Waals surface area contributed by atoms with Gasteiger partial charge in [-0.1, -0.05) is 47.8 Å². The fraction of sp³-hybridized carbons (Fsp3) is 0.625. The van der Waals surface area contributed by atoms with Crippen molar-refractivity contribution in [3.05, 3.63) is 34.3 Å². The Kier molecular flexibility index (Phi) is 5.71. The largest absolute Gasteiger partial charge is 0.314 e. The first kappa shape index (κ1) is 14.1. The Bertz CT molecular complexity index is 343. The summed E-state index contributed by atoms with van der Waals surface area (Å²) in [6.45, 7) is 3.48. The second-order valence-electron chi connectivity index (χ2n) is 5.52. The Hall–Kier alpha value is -0.340. The van der Waals surface area contributed by atoms with Gasteiger partial charge in [-0.15, -0.1) is 0 Å². The monoisotopic (exact) mass is 309 g/mol. The molecule has 1 aromatic carbocycles. The summed E-state index contributed by atoms with van der Waals surface area (Å²) in [6.07, 6.45) is 8.00. The summed E-state index contributed by atoms with van der Waals surface area (Å²) in [4.78, 5) is 0. The zero-order valence-electron chi connectivity index (χ0n) is 11.3. The van der Waals surface area contributed by atoms with Gasteiger partial charge in [-0.05, 0) is 55.8 Å².